The molecule has 3 amide bonds. The van der Waals surface area contributed by atoms with Gasteiger partial charge in [0.2, 0.25) is 0 Å². The number of carbonyl (C=O) groups excluding carboxylic acids is 2. The second kappa shape index (κ2) is 4.77. The van der Waals surface area contributed by atoms with Crippen LogP contribution in [0.4, 0.5) is 4.79 Å². The van der Waals surface area contributed by atoms with Gasteiger partial charge in [-0.25, -0.2) is 4.79 Å². The van der Waals surface area contributed by atoms with Gasteiger partial charge in [0.1, 0.15) is 0 Å². The average Bonchev–Trinajstić information content (AvgIpc) is 2.64. The molecule has 6 heteroatoms. The topological polar surface area (TPSA) is 109 Å². The Morgan fingerprint density at radius 1 is 1.05 bits per heavy atom. The van der Waals surface area contributed by atoms with Crippen molar-refractivity contribution in [3.63, 3.8) is 0 Å². The Morgan fingerprint density at radius 3 is 2.37 bits per heavy atom. The van der Waals surface area contributed by atoms with Crippen LogP contribution >= 0.6 is 0 Å². The predicted molar refractivity (Wildman–Crippen MR) is 68.0 cm³/mol. The van der Waals surface area contributed by atoms with E-state index >= 15 is 0 Å². The maximum atomic E-state index is 11.6. The number of primary amides is 1. The molecule has 19 heavy (non-hydrogen) atoms. The van der Waals surface area contributed by atoms with Gasteiger partial charge in [-0.3, -0.25) is 14.9 Å². The largest absolute Gasteiger partial charge is 0.465 e. The van der Waals surface area contributed by atoms with Crippen molar-refractivity contribution in [1.82, 2.24) is 5.32 Å². The maximum Gasteiger partial charge on any atom is 0.402 e. The molecule has 1 aliphatic rings. The third-order valence-corrected chi connectivity index (χ3v) is 2.63. The van der Waals surface area contributed by atoms with Gasteiger partial charge < -0.3 is 10.8 Å². The molecule has 0 saturated carbocycles. The zero-order valence-electron chi connectivity index (χ0n) is 9.71. The molecule has 0 radical (unpaired) electrons. The third-order valence-electron chi connectivity index (χ3n) is 2.63. The number of fused-ring (bicyclic) bond motifs is 3. The van der Waals surface area contributed by atoms with E-state index < -0.39 is 6.09 Å². The Bertz CT molecular complexity index is 690. The van der Waals surface area contributed by atoms with Crippen molar-refractivity contribution < 1.29 is 19.5 Å². The molecule has 0 aromatic heterocycles. The minimum absolute atomic E-state index is 0.299. The van der Waals surface area contributed by atoms with Crippen molar-refractivity contribution in [2.75, 3.05) is 0 Å². The van der Waals surface area contributed by atoms with Gasteiger partial charge in [-0.05, 0) is 16.8 Å². The number of imide groups is 1. The van der Waals surface area contributed by atoms with Gasteiger partial charge in [-0.1, -0.05) is 30.3 Å². The lowest BCUT2D eigenvalue weighted by Crippen LogP contribution is -2.19. The molecule has 0 aliphatic carbocycles. The molecule has 96 valence electrons. The number of rotatable bonds is 0. The molecule has 0 unspecified atom stereocenters. The second-order valence-electron chi connectivity index (χ2n) is 3.83. The highest BCUT2D eigenvalue weighted by atomic mass is 16.4. The van der Waals surface area contributed by atoms with E-state index in [4.69, 9.17) is 9.90 Å². The molecule has 0 spiro atoms. The van der Waals surface area contributed by atoms with Crippen LogP contribution in [0.15, 0.2) is 36.4 Å². The molecule has 0 fully saturated rings. The lowest BCUT2D eigenvalue weighted by molar-refractivity contribution is 0.0880. The van der Waals surface area contributed by atoms with Crippen molar-refractivity contribution in [1.29, 1.82) is 0 Å². The molecular weight excluding hydrogens is 248 g/mol. The van der Waals surface area contributed by atoms with Crippen LogP contribution in [0.25, 0.3) is 10.8 Å². The fourth-order valence-electron chi connectivity index (χ4n) is 1.94. The maximum absolute atomic E-state index is 11.6. The normalized spacial score (nSPS) is 12.4. The summed E-state index contributed by atoms with van der Waals surface area (Å²) in [5, 5.41) is 11.3. The van der Waals surface area contributed by atoms with Crippen LogP contribution < -0.4 is 11.1 Å². The molecule has 3 rings (SSSR count). The van der Waals surface area contributed by atoms with Crippen molar-refractivity contribution in [3.05, 3.63) is 47.5 Å². The Kier molecular flexibility index (Phi) is 3.15. The number of hydrogen-bond donors (Lipinski definition) is 3. The Hall–Kier alpha value is -2.89. The van der Waals surface area contributed by atoms with Crippen LogP contribution in [0.2, 0.25) is 0 Å². The van der Waals surface area contributed by atoms with Gasteiger partial charge >= 0.3 is 6.09 Å². The first-order chi connectivity index (χ1) is 9.00. The van der Waals surface area contributed by atoms with Gasteiger partial charge in [-0.15, -0.1) is 0 Å². The van der Waals surface area contributed by atoms with Crippen LogP contribution in [0.5, 0.6) is 0 Å². The Balaban J connectivity index is 0.000000297. The molecule has 2 aromatic rings. The van der Waals surface area contributed by atoms with Gasteiger partial charge in [0.25, 0.3) is 11.8 Å². The molecule has 1 heterocycles. The minimum Gasteiger partial charge on any atom is -0.465 e. The lowest BCUT2D eigenvalue weighted by Gasteiger charge is -2.00. The van der Waals surface area contributed by atoms with Crippen molar-refractivity contribution in [3.8, 4) is 0 Å². The number of nitrogens with two attached hydrogens (primary N) is 1. The van der Waals surface area contributed by atoms with Crippen molar-refractivity contribution in [2.45, 2.75) is 0 Å². The van der Waals surface area contributed by atoms with Crippen LogP contribution in [0.1, 0.15) is 20.7 Å². The first-order valence-electron chi connectivity index (χ1n) is 5.36. The zero-order chi connectivity index (χ0) is 14.0. The Labute approximate surface area is 107 Å². The average molecular weight is 258 g/mol. The van der Waals surface area contributed by atoms with Gasteiger partial charge in [0, 0.05) is 0 Å². The predicted octanol–water partition coefficient (Wildman–Crippen LogP) is 1.35. The summed E-state index contributed by atoms with van der Waals surface area (Å²) in [6.45, 7) is 0. The van der Waals surface area contributed by atoms with E-state index in [1.54, 1.807) is 6.07 Å². The molecule has 0 bridgehead atoms. The quantitative estimate of drug-likeness (QED) is 0.619. The van der Waals surface area contributed by atoms with E-state index in [2.05, 4.69) is 11.1 Å². The van der Waals surface area contributed by atoms with E-state index in [-0.39, 0.29) is 11.8 Å². The number of benzene rings is 2. The second-order valence-corrected chi connectivity index (χ2v) is 3.83. The third kappa shape index (κ3) is 2.37. The number of nitrogens with one attached hydrogen (secondary N) is 1. The first-order valence-corrected chi connectivity index (χ1v) is 5.36. The summed E-state index contributed by atoms with van der Waals surface area (Å²) in [5.74, 6) is -0.604. The SMILES string of the molecule is NC(=O)O.O=C1NC(=O)c2c1ccc1ccccc21. The van der Waals surface area contributed by atoms with E-state index in [9.17, 15) is 9.59 Å². The van der Waals surface area contributed by atoms with Crippen molar-refractivity contribution >= 4 is 28.7 Å². The molecule has 2 aromatic carbocycles. The summed E-state index contributed by atoms with van der Waals surface area (Å²) in [6.07, 6.45) is -1.33. The summed E-state index contributed by atoms with van der Waals surface area (Å²) in [5.41, 5.74) is 5.00. The molecule has 0 atom stereocenters. The van der Waals surface area contributed by atoms with Crippen LogP contribution in [-0.4, -0.2) is 23.0 Å². The number of carboxylic acid groups (broad SMARTS) is 1. The number of carbonyl (C=O) groups is 3. The minimum atomic E-state index is -1.33. The van der Waals surface area contributed by atoms with Gasteiger partial charge in [0.05, 0.1) is 11.1 Å². The van der Waals surface area contributed by atoms with Crippen LogP contribution in [0, 0.1) is 0 Å². The van der Waals surface area contributed by atoms with Crippen LogP contribution in [0.3, 0.4) is 0 Å². The monoisotopic (exact) mass is 258 g/mol. The molecule has 4 N–H and O–H groups in total. The van der Waals surface area contributed by atoms with Crippen molar-refractivity contribution in [2.24, 2.45) is 5.73 Å². The molecule has 0 saturated heterocycles. The number of amides is 3. The highest BCUT2D eigenvalue weighted by Gasteiger charge is 2.28. The molecular formula is C13H10N2O4. The highest BCUT2D eigenvalue weighted by molar-refractivity contribution is 6.26. The fraction of sp³-hybridized carbons (Fsp3) is 0. The lowest BCUT2D eigenvalue weighted by atomic mass is 10.0. The standard InChI is InChI=1S/C12H7NO2.CH3NO2/c14-11-9-6-5-7-3-1-2-4-8(7)10(9)12(15)13-11;2-1(3)4/h1-6H,(H,13,14,15);2H2,(H,3,4). The highest BCUT2D eigenvalue weighted by Crippen LogP contribution is 2.25. The first kappa shape index (κ1) is 12.6. The molecule has 6 nitrogen and oxygen atoms in total. The summed E-state index contributed by atoms with van der Waals surface area (Å²) in [7, 11) is 0. The van der Waals surface area contributed by atoms with E-state index in [1.165, 1.54) is 0 Å². The smallest absolute Gasteiger partial charge is 0.402 e. The fourth-order valence-corrected chi connectivity index (χ4v) is 1.94. The summed E-state index contributed by atoms with van der Waals surface area (Å²) < 4.78 is 0. The van der Waals surface area contributed by atoms with E-state index in [0.717, 1.165) is 10.8 Å². The summed E-state index contributed by atoms with van der Waals surface area (Å²) in [6, 6.07) is 11.1. The zero-order valence-corrected chi connectivity index (χ0v) is 9.71. The number of hydrogen-bond acceptors (Lipinski definition) is 3. The molecule has 1 aliphatic heterocycles. The summed E-state index contributed by atoms with van der Waals surface area (Å²) >= 11 is 0. The van der Waals surface area contributed by atoms with Gasteiger partial charge in [-0.2, -0.15) is 0 Å². The summed E-state index contributed by atoms with van der Waals surface area (Å²) in [4.78, 5) is 31.7. The Morgan fingerprint density at radius 2 is 1.68 bits per heavy atom. The van der Waals surface area contributed by atoms with Crippen LogP contribution in [-0.2, 0) is 0 Å². The van der Waals surface area contributed by atoms with E-state index in [0.29, 0.717) is 11.1 Å². The van der Waals surface area contributed by atoms with E-state index in [1.807, 2.05) is 30.3 Å². The van der Waals surface area contributed by atoms with Gasteiger partial charge in [0.15, 0.2) is 0 Å².